The van der Waals surface area contributed by atoms with E-state index < -0.39 is 6.29 Å². The largest absolute Gasteiger partial charge is 0.350 e. The van der Waals surface area contributed by atoms with Crippen LogP contribution in [0.25, 0.3) is 10.9 Å². The van der Waals surface area contributed by atoms with Crippen LogP contribution < -0.4 is 5.48 Å². The molecule has 1 aromatic carbocycles. The zero-order valence-electron chi connectivity index (χ0n) is 12.3. The second-order valence-electron chi connectivity index (χ2n) is 5.30. The van der Waals surface area contributed by atoms with E-state index in [1.807, 2.05) is 0 Å². The van der Waals surface area contributed by atoms with Crippen molar-refractivity contribution in [3.63, 3.8) is 0 Å². The molecule has 0 unspecified atom stereocenters. The number of amides is 1. The molecule has 2 aromatic rings. The number of benzene rings is 1. The van der Waals surface area contributed by atoms with E-state index in [-0.39, 0.29) is 11.7 Å². The van der Waals surface area contributed by atoms with Crippen molar-refractivity contribution in [2.45, 2.75) is 32.5 Å². The average Bonchev–Trinajstić information content (AvgIpc) is 2.53. The Morgan fingerprint density at radius 3 is 3.05 bits per heavy atom. The Hall–Kier alpha value is -2.05. The molecule has 0 aliphatic carbocycles. The summed E-state index contributed by atoms with van der Waals surface area (Å²) in [7, 11) is 0. The summed E-state index contributed by atoms with van der Waals surface area (Å²) in [6.45, 7) is 2.35. The number of rotatable bonds is 3. The molecule has 6 heteroatoms. The number of nitrogens with one attached hydrogen (secondary N) is 1. The quantitative estimate of drug-likeness (QED) is 0.886. The second kappa shape index (κ2) is 6.37. The topological polar surface area (TPSA) is 60.5 Å². The first-order valence-corrected chi connectivity index (χ1v) is 7.28. The molecular weight excluding hydrogens is 287 g/mol. The van der Waals surface area contributed by atoms with Gasteiger partial charge in [0.25, 0.3) is 5.91 Å². The number of nitrogens with zero attached hydrogens (tertiary/aromatic N) is 1. The summed E-state index contributed by atoms with van der Waals surface area (Å²) >= 11 is 0. The smallest absolute Gasteiger partial charge is 0.276 e. The van der Waals surface area contributed by atoms with Gasteiger partial charge >= 0.3 is 0 Å². The summed E-state index contributed by atoms with van der Waals surface area (Å²) in [4.78, 5) is 21.8. The first-order valence-electron chi connectivity index (χ1n) is 7.28. The third-order valence-corrected chi connectivity index (χ3v) is 3.64. The molecule has 1 aliphatic rings. The molecule has 1 saturated heterocycles. The summed E-state index contributed by atoms with van der Waals surface area (Å²) in [6, 6.07) is 5.96. The van der Waals surface area contributed by atoms with E-state index >= 15 is 0 Å². The Labute approximate surface area is 127 Å². The molecule has 2 heterocycles. The highest BCUT2D eigenvalue weighted by molar-refractivity contribution is 5.98. The van der Waals surface area contributed by atoms with Crippen molar-refractivity contribution in [3.05, 3.63) is 41.3 Å². The molecule has 116 valence electrons. The van der Waals surface area contributed by atoms with Gasteiger partial charge in [0.2, 0.25) is 0 Å². The van der Waals surface area contributed by atoms with Gasteiger partial charge < -0.3 is 4.74 Å². The Morgan fingerprint density at radius 1 is 1.41 bits per heavy atom. The first kappa shape index (κ1) is 14.9. The van der Waals surface area contributed by atoms with Crippen molar-refractivity contribution >= 4 is 16.8 Å². The summed E-state index contributed by atoms with van der Waals surface area (Å²) in [5, 5.41) is 0.700. The maximum absolute atomic E-state index is 13.2. The van der Waals surface area contributed by atoms with Crippen LogP contribution in [0.5, 0.6) is 0 Å². The standard InChI is InChI=1S/C16H17FN2O3/c1-10-13(8-11-5-6-12(17)9-14(11)18-10)16(20)19-22-15-4-2-3-7-21-15/h5-6,8-9,15H,2-4,7H2,1H3,(H,19,20)/t15-/m1/s1. The Balaban J connectivity index is 1.75. The molecule has 5 nitrogen and oxygen atoms in total. The fraction of sp³-hybridized carbons (Fsp3) is 0.375. The zero-order chi connectivity index (χ0) is 15.5. The van der Waals surface area contributed by atoms with Crippen molar-refractivity contribution in [2.24, 2.45) is 0 Å². The van der Waals surface area contributed by atoms with Crippen LogP contribution in [0.15, 0.2) is 24.3 Å². The third-order valence-electron chi connectivity index (χ3n) is 3.64. The number of aromatic nitrogens is 1. The number of pyridine rings is 1. The van der Waals surface area contributed by atoms with Crippen LogP contribution >= 0.6 is 0 Å². The number of hydroxylamine groups is 1. The van der Waals surface area contributed by atoms with Crippen LogP contribution in [0.3, 0.4) is 0 Å². The van der Waals surface area contributed by atoms with Crippen LogP contribution in [-0.2, 0) is 9.57 Å². The van der Waals surface area contributed by atoms with Gasteiger partial charge in [-0.25, -0.2) is 14.7 Å². The minimum atomic E-state index is -0.402. The number of hydrogen-bond donors (Lipinski definition) is 1. The molecule has 1 atom stereocenters. The number of carbonyl (C=O) groups is 1. The lowest BCUT2D eigenvalue weighted by Gasteiger charge is -2.22. The first-order chi connectivity index (χ1) is 10.6. The van der Waals surface area contributed by atoms with Gasteiger partial charge in [0.1, 0.15) is 5.82 Å². The van der Waals surface area contributed by atoms with Gasteiger partial charge in [-0.15, -0.1) is 0 Å². The van der Waals surface area contributed by atoms with E-state index in [0.717, 1.165) is 19.3 Å². The molecule has 0 saturated carbocycles. The van der Waals surface area contributed by atoms with E-state index in [1.54, 1.807) is 19.1 Å². The van der Waals surface area contributed by atoms with Crippen LogP contribution in [0.2, 0.25) is 0 Å². The summed E-state index contributed by atoms with van der Waals surface area (Å²) in [5.74, 6) is -0.736. The van der Waals surface area contributed by atoms with Gasteiger partial charge in [0, 0.05) is 24.5 Å². The molecule has 1 N–H and O–H groups in total. The van der Waals surface area contributed by atoms with E-state index in [4.69, 9.17) is 9.57 Å². The number of halogens is 1. The lowest BCUT2D eigenvalue weighted by Crippen LogP contribution is -2.33. The highest BCUT2D eigenvalue weighted by atomic mass is 19.1. The zero-order valence-corrected chi connectivity index (χ0v) is 12.3. The van der Waals surface area contributed by atoms with E-state index in [1.165, 1.54) is 12.1 Å². The summed E-state index contributed by atoms with van der Waals surface area (Å²) in [5.41, 5.74) is 3.84. The summed E-state index contributed by atoms with van der Waals surface area (Å²) in [6.07, 6.45) is 2.38. The predicted molar refractivity (Wildman–Crippen MR) is 78.6 cm³/mol. The molecule has 3 rings (SSSR count). The Morgan fingerprint density at radius 2 is 2.27 bits per heavy atom. The van der Waals surface area contributed by atoms with E-state index in [9.17, 15) is 9.18 Å². The highest BCUT2D eigenvalue weighted by Crippen LogP contribution is 2.18. The molecule has 0 radical (unpaired) electrons. The number of carbonyl (C=O) groups excluding carboxylic acids is 1. The maximum Gasteiger partial charge on any atom is 0.276 e. The normalized spacial score (nSPS) is 18.4. The van der Waals surface area contributed by atoms with Gasteiger partial charge in [0.15, 0.2) is 6.29 Å². The van der Waals surface area contributed by atoms with Gasteiger partial charge in [-0.3, -0.25) is 9.78 Å². The molecule has 1 aromatic heterocycles. The number of ether oxygens (including phenoxy) is 1. The number of aryl methyl sites for hydroxylation is 1. The van der Waals surface area contributed by atoms with Crippen LogP contribution in [0.1, 0.15) is 35.3 Å². The van der Waals surface area contributed by atoms with Crippen molar-refractivity contribution in [3.8, 4) is 0 Å². The minimum Gasteiger partial charge on any atom is -0.350 e. The molecule has 1 fully saturated rings. The third kappa shape index (κ3) is 3.23. The second-order valence-corrected chi connectivity index (χ2v) is 5.30. The predicted octanol–water partition coefficient (Wildman–Crippen LogP) is 2.87. The fourth-order valence-corrected chi connectivity index (χ4v) is 2.44. The van der Waals surface area contributed by atoms with Crippen LogP contribution in [0, 0.1) is 12.7 Å². The minimum absolute atomic E-state index is 0.352. The molecule has 0 spiro atoms. The number of fused-ring (bicyclic) bond motifs is 1. The van der Waals surface area contributed by atoms with Crippen LogP contribution in [-0.4, -0.2) is 23.8 Å². The molecule has 0 bridgehead atoms. The van der Waals surface area contributed by atoms with Gasteiger partial charge in [-0.1, -0.05) is 0 Å². The van der Waals surface area contributed by atoms with Crippen molar-refractivity contribution < 1.29 is 18.8 Å². The maximum atomic E-state index is 13.2. The molecular formula is C16H17FN2O3. The van der Waals surface area contributed by atoms with Crippen molar-refractivity contribution in [2.75, 3.05) is 6.61 Å². The Kier molecular flexibility index (Phi) is 4.31. The van der Waals surface area contributed by atoms with Gasteiger partial charge in [-0.2, -0.15) is 0 Å². The van der Waals surface area contributed by atoms with Gasteiger partial charge in [-0.05, 0) is 38.0 Å². The summed E-state index contributed by atoms with van der Waals surface area (Å²) < 4.78 is 18.6. The fourth-order valence-electron chi connectivity index (χ4n) is 2.44. The van der Waals surface area contributed by atoms with Crippen molar-refractivity contribution in [1.82, 2.24) is 10.5 Å². The van der Waals surface area contributed by atoms with E-state index in [0.29, 0.717) is 28.8 Å². The molecule has 22 heavy (non-hydrogen) atoms. The SMILES string of the molecule is Cc1nc2cc(F)ccc2cc1C(=O)NO[C@@H]1CCCCO1. The Bertz CT molecular complexity index is 699. The average molecular weight is 304 g/mol. The van der Waals surface area contributed by atoms with Crippen molar-refractivity contribution in [1.29, 1.82) is 0 Å². The monoisotopic (exact) mass is 304 g/mol. The van der Waals surface area contributed by atoms with Gasteiger partial charge in [0.05, 0.1) is 16.8 Å². The molecule has 1 aliphatic heterocycles. The van der Waals surface area contributed by atoms with Crippen LogP contribution in [0.4, 0.5) is 4.39 Å². The van der Waals surface area contributed by atoms with E-state index in [2.05, 4.69) is 10.5 Å². The number of hydrogen-bond acceptors (Lipinski definition) is 4. The lowest BCUT2D eigenvalue weighted by atomic mass is 10.1. The highest BCUT2D eigenvalue weighted by Gasteiger charge is 2.18. The molecule has 1 amide bonds. The lowest BCUT2D eigenvalue weighted by molar-refractivity contribution is -0.186.